The number of benzene rings is 1. The van der Waals surface area contributed by atoms with Gasteiger partial charge in [-0.2, -0.15) is 0 Å². The number of hydrogen-bond acceptors (Lipinski definition) is 3. The zero-order valence-electron chi connectivity index (χ0n) is 10.1. The molecule has 0 spiro atoms. The predicted molar refractivity (Wildman–Crippen MR) is 67.8 cm³/mol. The Bertz CT molecular complexity index is 416. The lowest BCUT2D eigenvalue weighted by atomic mass is 10.0. The van der Waals surface area contributed by atoms with Gasteiger partial charge >= 0.3 is 6.09 Å². The van der Waals surface area contributed by atoms with Crippen LogP contribution >= 0.6 is 0 Å². The largest absolute Gasteiger partial charge is 0.443 e. The Morgan fingerprint density at radius 3 is 2.50 bits per heavy atom. The second-order valence-electron chi connectivity index (χ2n) is 4.25. The lowest BCUT2D eigenvalue weighted by Gasteiger charge is -2.27. The average molecular weight is 247 g/mol. The van der Waals surface area contributed by atoms with Crippen LogP contribution in [0.4, 0.5) is 4.79 Å². The molecule has 1 aromatic rings. The van der Waals surface area contributed by atoms with Crippen LogP contribution in [0.15, 0.2) is 42.5 Å². The number of carbonyl (C=O) groups is 1. The van der Waals surface area contributed by atoms with Crippen molar-refractivity contribution in [3.8, 4) is 0 Å². The van der Waals surface area contributed by atoms with Crippen LogP contribution in [0.25, 0.3) is 0 Å². The maximum atomic E-state index is 10.8. The van der Waals surface area contributed by atoms with Gasteiger partial charge in [-0.05, 0) is 12.0 Å². The molecule has 1 aromatic carbocycles. The summed E-state index contributed by atoms with van der Waals surface area (Å²) in [4.78, 5) is 10.8. The van der Waals surface area contributed by atoms with Crippen molar-refractivity contribution < 1.29 is 14.3 Å². The second kappa shape index (κ2) is 6.21. The van der Waals surface area contributed by atoms with Crippen molar-refractivity contribution in [2.45, 2.75) is 31.7 Å². The first-order valence-electron chi connectivity index (χ1n) is 6.02. The fourth-order valence-corrected chi connectivity index (χ4v) is 1.99. The molecule has 0 saturated heterocycles. The number of primary amides is 1. The summed E-state index contributed by atoms with van der Waals surface area (Å²) in [5.74, 6) is 0. The molecule has 1 aliphatic carbocycles. The third-order valence-corrected chi connectivity index (χ3v) is 2.89. The molecule has 0 bridgehead atoms. The molecule has 96 valence electrons. The summed E-state index contributed by atoms with van der Waals surface area (Å²) >= 11 is 0. The van der Waals surface area contributed by atoms with E-state index in [1.165, 1.54) is 0 Å². The van der Waals surface area contributed by atoms with E-state index in [-0.39, 0.29) is 12.2 Å². The van der Waals surface area contributed by atoms with Gasteiger partial charge in [0.1, 0.15) is 6.10 Å². The Morgan fingerprint density at radius 1 is 1.17 bits per heavy atom. The van der Waals surface area contributed by atoms with Crippen molar-refractivity contribution in [1.82, 2.24) is 0 Å². The predicted octanol–water partition coefficient (Wildman–Crippen LogP) is 2.39. The van der Waals surface area contributed by atoms with Gasteiger partial charge in [0, 0.05) is 6.42 Å². The van der Waals surface area contributed by atoms with E-state index in [0.717, 1.165) is 12.0 Å². The number of ether oxygens (including phenoxy) is 2. The molecule has 0 unspecified atom stereocenters. The van der Waals surface area contributed by atoms with Crippen molar-refractivity contribution in [2.75, 3.05) is 0 Å². The van der Waals surface area contributed by atoms with Crippen LogP contribution in [0.3, 0.4) is 0 Å². The molecule has 0 radical (unpaired) electrons. The fraction of sp³-hybridized carbons (Fsp3) is 0.357. The number of nitrogens with two attached hydrogens (primary N) is 1. The molecule has 0 heterocycles. The molecule has 0 fully saturated rings. The Labute approximate surface area is 106 Å². The molecule has 2 atom stereocenters. The molecule has 2 rings (SSSR count). The van der Waals surface area contributed by atoms with E-state index in [9.17, 15) is 4.79 Å². The summed E-state index contributed by atoms with van der Waals surface area (Å²) in [6.45, 7) is 0.512. The van der Waals surface area contributed by atoms with Crippen LogP contribution in [-0.2, 0) is 16.1 Å². The van der Waals surface area contributed by atoms with Crippen LogP contribution in [-0.4, -0.2) is 18.3 Å². The van der Waals surface area contributed by atoms with Gasteiger partial charge in [0.15, 0.2) is 0 Å². The lowest BCUT2D eigenvalue weighted by molar-refractivity contribution is -0.0499. The van der Waals surface area contributed by atoms with E-state index in [2.05, 4.69) is 0 Å². The normalized spacial score (nSPS) is 22.7. The van der Waals surface area contributed by atoms with Crippen molar-refractivity contribution in [3.05, 3.63) is 48.0 Å². The zero-order valence-corrected chi connectivity index (χ0v) is 10.1. The summed E-state index contributed by atoms with van der Waals surface area (Å²) in [6.07, 6.45) is 4.27. The van der Waals surface area contributed by atoms with E-state index in [4.69, 9.17) is 15.2 Å². The minimum absolute atomic E-state index is 0.122. The van der Waals surface area contributed by atoms with Crippen molar-refractivity contribution in [3.63, 3.8) is 0 Å². The van der Waals surface area contributed by atoms with E-state index < -0.39 is 6.09 Å². The van der Waals surface area contributed by atoms with Gasteiger partial charge in [0.2, 0.25) is 0 Å². The summed E-state index contributed by atoms with van der Waals surface area (Å²) in [5.41, 5.74) is 6.15. The van der Waals surface area contributed by atoms with Crippen molar-refractivity contribution in [1.29, 1.82) is 0 Å². The Hall–Kier alpha value is -1.81. The fourth-order valence-electron chi connectivity index (χ4n) is 1.99. The van der Waals surface area contributed by atoms with Crippen molar-refractivity contribution >= 4 is 6.09 Å². The van der Waals surface area contributed by atoms with Crippen LogP contribution < -0.4 is 5.73 Å². The Balaban J connectivity index is 1.90. The maximum Gasteiger partial charge on any atom is 0.404 e. The molecule has 0 aliphatic heterocycles. The number of carbonyl (C=O) groups excluding carboxylic acids is 1. The molecule has 1 amide bonds. The minimum atomic E-state index is -0.747. The van der Waals surface area contributed by atoms with Gasteiger partial charge in [-0.15, -0.1) is 0 Å². The number of amides is 1. The van der Waals surface area contributed by atoms with E-state index in [0.29, 0.717) is 13.0 Å². The Morgan fingerprint density at radius 2 is 1.83 bits per heavy atom. The molecule has 4 nitrogen and oxygen atoms in total. The SMILES string of the molecule is NC(=O)O[C@@H]1CC=CC[C@H]1OCc1ccccc1. The molecular weight excluding hydrogens is 230 g/mol. The third kappa shape index (κ3) is 3.60. The van der Waals surface area contributed by atoms with Gasteiger partial charge < -0.3 is 15.2 Å². The summed E-state index contributed by atoms with van der Waals surface area (Å²) in [7, 11) is 0. The van der Waals surface area contributed by atoms with Gasteiger partial charge in [-0.1, -0.05) is 42.5 Å². The quantitative estimate of drug-likeness (QED) is 0.831. The third-order valence-electron chi connectivity index (χ3n) is 2.89. The van der Waals surface area contributed by atoms with E-state index in [1.807, 2.05) is 42.5 Å². The Kier molecular flexibility index (Phi) is 4.36. The summed E-state index contributed by atoms with van der Waals surface area (Å²) < 4.78 is 10.9. The highest BCUT2D eigenvalue weighted by Gasteiger charge is 2.26. The first-order valence-corrected chi connectivity index (χ1v) is 6.02. The smallest absolute Gasteiger partial charge is 0.404 e. The molecular formula is C14H17NO3. The highest BCUT2D eigenvalue weighted by Crippen LogP contribution is 2.20. The maximum absolute atomic E-state index is 10.8. The molecule has 0 aromatic heterocycles. The number of rotatable bonds is 4. The minimum Gasteiger partial charge on any atom is -0.443 e. The zero-order chi connectivity index (χ0) is 12.8. The van der Waals surface area contributed by atoms with Crippen LogP contribution in [0.5, 0.6) is 0 Å². The summed E-state index contributed by atoms with van der Waals surface area (Å²) in [6, 6.07) is 9.91. The molecule has 1 aliphatic rings. The monoisotopic (exact) mass is 247 g/mol. The van der Waals surface area contributed by atoms with Gasteiger partial charge in [-0.25, -0.2) is 4.79 Å². The first-order chi connectivity index (χ1) is 8.75. The van der Waals surface area contributed by atoms with Gasteiger partial charge in [0.05, 0.1) is 12.7 Å². The molecule has 2 N–H and O–H groups in total. The molecule has 0 saturated carbocycles. The average Bonchev–Trinajstić information content (AvgIpc) is 2.38. The lowest BCUT2D eigenvalue weighted by Crippen LogP contribution is -2.36. The highest BCUT2D eigenvalue weighted by atomic mass is 16.6. The topological polar surface area (TPSA) is 61.6 Å². The molecule has 4 heteroatoms. The van der Waals surface area contributed by atoms with Crippen LogP contribution in [0, 0.1) is 0 Å². The van der Waals surface area contributed by atoms with Gasteiger partial charge in [0.25, 0.3) is 0 Å². The van der Waals surface area contributed by atoms with E-state index >= 15 is 0 Å². The van der Waals surface area contributed by atoms with Gasteiger partial charge in [-0.3, -0.25) is 0 Å². The summed E-state index contributed by atoms with van der Waals surface area (Å²) in [5, 5.41) is 0. The molecule has 18 heavy (non-hydrogen) atoms. The van der Waals surface area contributed by atoms with Crippen LogP contribution in [0.1, 0.15) is 18.4 Å². The van der Waals surface area contributed by atoms with E-state index in [1.54, 1.807) is 0 Å². The first kappa shape index (κ1) is 12.6. The number of hydrogen-bond donors (Lipinski definition) is 1. The highest BCUT2D eigenvalue weighted by molar-refractivity contribution is 5.64. The van der Waals surface area contributed by atoms with Crippen LogP contribution in [0.2, 0.25) is 0 Å². The second-order valence-corrected chi connectivity index (χ2v) is 4.25. The standard InChI is InChI=1S/C14H17NO3/c15-14(16)18-13-9-5-4-8-12(13)17-10-11-6-2-1-3-7-11/h1-7,12-13H,8-10H2,(H2,15,16)/t12-,13-/m1/s1. The van der Waals surface area contributed by atoms with Crippen molar-refractivity contribution in [2.24, 2.45) is 5.73 Å².